The van der Waals surface area contributed by atoms with Crippen LogP contribution < -0.4 is 10.2 Å². The van der Waals surface area contributed by atoms with Crippen LogP contribution in [-0.2, 0) is 6.42 Å². The molecule has 0 atom stereocenters. The third-order valence-corrected chi connectivity index (χ3v) is 4.75. The summed E-state index contributed by atoms with van der Waals surface area (Å²) >= 11 is 3.15. The topological polar surface area (TPSA) is 62.6 Å². The van der Waals surface area contributed by atoms with E-state index in [2.05, 4.69) is 21.2 Å². The maximum Gasteiger partial charge on any atom is 0.293 e. The van der Waals surface area contributed by atoms with E-state index in [4.69, 9.17) is 4.42 Å². The maximum atomic E-state index is 13.7. The molecule has 1 aromatic heterocycles. The predicted octanol–water partition coefficient (Wildman–Crippen LogP) is 4.57. The summed E-state index contributed by atoms with van der Waals surface area (Å²) in [4.78, 5) is 26.5. The Morgan fingerprint density at radius 3 is 2.38 bits per heavy atom. The number of amides is 2. The molecule has 0 aliphatic rings. The van der Waals surface area contributed by atoms with Gasteiger partial charge in [-0.05, 0) is 58.7 Å². The van der Waals surface area contributed by atoms with Crippen molar-refractivity contribution < 1.29 is 22.8 Å². The largest absolute Gasteiger partial charge is 0.444 e. The first-order valence-corrected chi connectivity index (χ1v) is 9.51. The van der Waals surface area contributed by atoms with Gasteiger partial charge in [-0.15, -0.1) is 0 Å². The van der Waals surface area contributed by atoms with Crippen molar-refractivity contribution in [3.8, 4) is 0 Å². The van der Waals surface area contributed by atoms with Gasteiger partial charge in [0.1, 0.15) is 11.6 Å². The van der Waals surface area contributed by atoms with E-state index in [1.165, 1.54) is 36.2 Å². The van der Waals surface area contributed by atoms with E-state index < -0.39 is 23.4 Å². The van der Waals surface area contributed by atoms with Gasteiger partial charge in [0, 0.05) is 19.2 Å². The molecular weight excluding hydrogens is 446 g/mol. The van der Waals surface area contributed by atoms with Gasteiger partial charge < -0.3 is 14.6 Å². The predicted molar refractivity (Wildman–Crippen MR) is 108 cm³/mol. The smallest absolute Gasteiger partial charge is 0.293 e. The molecule has 0 radical (unpaired) electrons. The number of para-hydroxylation sites is 1. The summed E-state index contributed by atoms with van der Waals surface area (Å²) in [6.07, 6.45) is 0.00159. The number of benzene rings is 2. The Morgan fingerprint density at radius 2 is 1.72 bits per heavy atom. The maximum absolute atomic E-state index is 13.7. The van der Waals surface area contributed by atoms with Crippen molar-refractivity contribution in [1.82, 2.24) is 5.32 Å². The quantitative estimate of drug-likeness (QED) is 0.583. The molecule has 0 aliphatic heterocycles. The van der Waals surface area contributed by atoms with Crippen LogP contribution in [0.15, 0.2) is 63.7 Å². The third kappa shape index (κ3) is 4.71. The van der Waals surface area contributed by atoms with Gasteiger partial charge in [-0.1, -0.05) is 18.2 Å². The van der Waals surface area contributed by atoms with Gasteiger partial charge in [0.2, 0.25) is 0 Å². The van der Waals surface area contributed by atoms with Gasteiger partial charge in [-0.2, -0.15) is 0 Å². The summed E-state index contributed by atoms with van der Waals surface area (Å²) in [5.74, 6) is -2.09. The first-order valence-electron chi connectivity index (χ1n) is 8.72. The molecule has 1 N–H and O–H groups in total. The molecule has 3 aromatic rings. The van der Waals surface area contributed by atoms with E-state index in [9.17, 15) is 18.4 Å². The fourth-order valence-electron chi connectivity index (χ4n) is 2.83. The Bertz CT molecular complexity index is 1030. The summed E-state index contributed by atoms with van der Waals surface area (Å²) in [6, 6.07) is 13.3. The summed E-state index contributed by atoms with van der Waals surface area (Å²) in [5.41, 5.74) is 0.541. The van der Waals surface area contributed by atoms with Crippen LogP contribution in [0.3, 0.4) is 0 Å². The van der Waals surface area contributed by atoms with Crippen LogP contribution in [0.4, 0.5) is 14.5 Å². The van der Waals surface area contributed by atoms with Crippen molar-refractivity contribution in [3.05, 3.63) is 87.8 Å². The molecule has 0 spiro atoms. The van der Waals surface area contributed by atoms with E-state index in [0.717, 1.165) is 0 Å². The van der Waals surface area contributed by atoms with E-state index in [0.29, 0.717) is 10.4 Å². The van der Waals surface area contributed by atoms with E-state index >= 15 is 0 Å². The summed E-state index contributed by atoms with van der Waals surface area (Å²) in [5, 5.41) is 2.64. The van der Waals surface area contributed by atoms with Gasteiger partial charge in [0.25, 0.3) is 11.8 Å². The highest BCUT2D eigenvalue weighted by Gasteiger charge is 2.21. The van der Waals surface area contributed by atoms with Gasteiger partial charge >= 0.3 is 0 Å². The van der Waals surface area contributed by atoms with Crippen LogP contribution >= 0.6 is 15.9 Å². The fourth-order valence-corrected chi connectivity index (χ4v) is 3.14. The number of halogens is 3. The molecule has 150 valence electrons. The number of furan rings is 1. The molecule has 0 fully saturated rings. The molecule has 29 heavy (non-hydrogen) atoms. The highest BCUT2D eigenvalue weighted by Crippen LogP contribution is 2.23. The van der Waals surface area contributed by atoms with Gasteiger partial charge in [0.15, 0.2) is 10.4 Å². The first kappa shape index (κ1) is 20.7. The normalized spacial score (nSPS) is 10.6. The Morgan fingerprint density at radius 1 is 1.03 bits per heavy atom. The molecule has 5 nitrogen and oxygen atoms in total. The minimum absolute atomic E-state index is 0.00159. The van der Waals surface area contributed by atoms with Crippen molar-refractivity contribution in [2.45, 2.75) is 6.42 Å². The monoisotopic (exact) mass is 462 g/mol. The Hall–Kier alpha value is -3.00. The lowest BCUT2D eigenvalue weighted by molar-refractivity contribution is 0.0953. The molecule has 2 aromatic carbocycles. The first-order chi connectivity index (χ1) is 13.9. The zero-order valence-electron chi connectivity index (χ0n) is 15.4. The molecule has 0 bridgehead atoms. The van der Waals surface area contributed by atoms with Crippen LogP contribution in [0.2, 0.25) is 0 Å². The fraction of sp³-hybridized carbons (Fsp3) is 0.143. The average molecular weight is 463 g/mol. The second-order valence-electron chi connectivity index (χ2n) is 6.19. The minimum Gasteiger partial charge on any atom is -0.444 e. The van der Waals surface area contributed by atoms with Crippen molar-refractivity contribution in [3.63, 3.8) is 0 Å². The summed E-state index contributed by atoms with van der Waals surface area (Å²) < 4.78 is 33.1. The highest BCUT2D eigenvalue weighted by atomic mass is 79.9. The van der Waals surface area contributed by atoms with Gasteiger partial charge in [0.05, 0.1) is 11.3 Å². The molecule has 0 saturated carbocycles. The number of carbonyl (C=O) groups excluding carboxylic acids is 2. The zero-order valence-corrected chi connectivity index (χ0v) is 17.0. The van der Waals surface area contributed by atoms with E-state index in [1.807, 2.05) is 0 Å². The van der Waals surface area contributed by atoms with Crippen LogP contribution in [0.25, 0.3) is 0 Å². The Balaban J connectivity index is 1.72. The number of hydrogen-bond donors (Lipinski definition) is 1. The second-order valence-corrected chi connectivity index (χ2v) is 6.97. The third-order valence-electron chi connectivity index (χ3n) is 4.32. The lowest BCUT2D eigenvalue weighted by Crippen LogP contribution is -2.31. The van der Waals surface area contributed by atoms with Crippen molar-refractivity contribution in [2.24, 2.45) is 0 Å². The Labute approximate surface area is 174 Å². The van der Waals surface area contributed by atoms with Crippen LogP contribution in [0.1, 0.15) is 26.5 Å². The highest BCUT2D eigenvalue weighted by molar-refractivity contribution is 9.10. The van der Waals surface area contributed by atoms with Gasteiger partial charge in [-0.25, -0.2) is 8.78 Å². The van der Waals surface area contributed by atoms with Gasteiger partial charge in [-0.3, -0.25) is 9.59 Å². The lowest BCUT2D eigenvalue weighted by atomic mass is 10.1. The van der Waals surface area contributed by atoms with Crippen molar-refractivity contribution in [1.29, 1.82) is 0 Å². The summed E-state index contributed by atoms with van der Waals surface area (Å²) in [6.45, 7) is 0.0355. The molecule has 8 heteroatoms. The number of anilines is 1. The van der Waals surface area contributed by atoms with Crippen LogP contribution in [-0.4, -0.2) is 25.4 Å². The number of nitrogens with zero attached hydrogens (tertiary/aromatic N) is 1. The molecule has 0 saturated heterocycles. The number of carbonyl (C=O) groups is 2. The zero-order chi connectivity index (χ0) is 21.0. The molecule has 3 rings (SSSR count). The lowest BCUT2D eigenvalue weighted by Gasteiger charge is -2.19. The standard InChI is InChI=1S/C21H17BrF2N2O3/c1-26(21(28)18-9-10-19(22)29-18)17-8-3-2-5-14(17)20(27)25-12-11-13-15(23)6-4-7-16(13)24/h2-10H,11-12H2,1H3,(H,25,27). The van der Waals surface area contributed by atoms with Crippen LogP contribution in [0.5, 0.6) is 0 Å². The summed E-state index contributed by atoms with van der Waals surface area (Å²) in [7, 11) is 1.53. The van der Waals surface area contributed by atoms with E-state index in [1.54, 1.807) is 30.3 Å². The average Bonchev–Trinajstić information content (AvgIpc) is 3.15. The number of hydrogen-bond acceptors (Lipinski definition) is 3. The molecule has 0 aliphatic carbocycles. The van der Waals surface area contributed by atoms with E-state index in [-0.39, 0.29) is 29.9 Å². The van der Waals surface area contributed by atoms with Crippen molar-refractivity contribution >= 4 is 33.4 Å². The minimum atomic E-state index is -0.658. The number of rotatable bonds is 6. The SMILES string of the molecule is CN(C(=O)c1ccc(Br)o1)c1ccccc1C(=O)NCCc1c(F)cccc1F. The number of nitrogens with one attached hydrogen (secondary N) is 1. The second kappa shape index (κ2) is 9.00. The molecule has 0 unspecified atom stereocenters. The Kier molecular flexibility index (Phi) is 6.43. The molecule has 2 amide bonds. The van der Waals surface area contributed by atoms with Crippen LogP contribution in [0, 0.1) is 11.6 Å². The molecule has 1 heterocycles. The molecular formula is C21H17BrF2N2O3. The van der Waals surface area contributed by atoms with Crippen molar-refractivity contribution in [2.75, 3.05) is 18.5 Å².